The van der Waals surface area contributed by atoms with Crippen LogP contribution in [0.25, 0.3) is 0 Å². The van der Waals surface area contributed by atoms with E-state index in [-0.39, 0.29) is 10.8 Å². The van der Waals surface area contributed by atoms with Crippen molar-refractivity contribution >= 4 is 38.9 Å². The number of sulfonamides is 1. The standard InChI is InChI=1S/C21H26ClN3O5S/c1-14(23-18-12-17(22)19(29-2)13-20(18)30-3)21(26)24-15-6-8-16(9-7-15)31(27,28)25-10-4-5-11-25/h6-9,12-14,23H,4-5,10-11H2,1-3H3,(H,24,26). The molecule has 1 fully saturated rings. The summed E-state index contributed by atoms with van der Waals surface area (Å²) in [6.45, 7) is 2.78. The van der Waals surface area contributed by atoms with Crippen LogP contribution in [-0.2, 0) is 14.8 Å². The number of methoxy groups -OCH3 is 2. The Morgan fingerprint density at radius 2 is 1.68 bits per heavy atom. The molecule has 10 heteroatoms. The van der Waals surface area contributed by atoms with Gasteiger partial charge in [-0.1, -0.05) is 11.6 Å². The van der Waals surface area contributed by atoms with E-state index in [9.17, 15) is 13.2 Å². The maximum Gasteiger partial charge on any atom is 0.246 e. The Labute approximate surface area is 187 Å². The van der Waals surface area contributed by atoms with Gasteiger partial charge in [-0.25, -0.2) is 8.42 Å². The molecule has 1 amide bonds. The first-order valence-electron chi connectivity index (χ1n) is 9.85. The van der Waals surface area contributed by atoms with Crippen molar-refractivity contribution in [2.45, 2.75) is 30.7 Å². The molecule has 8 nitrogen and oxygen atoms in total. The minimum Gasteiger partial charge on any atom is -0.495 e. The second kappa shape index (κ2) is 9.76. The zero-order valence-corrected chi connectivity index (χ0v) is 19.2. The Morgan fingerprint density at radius 3 is 2.26 bits per heavy atom. The number of carbonyl (C=O) groups excluding carboxylic acids is 1. The predicted octanol–water partition coefficient (Wildman–Crippen LogP) is 3.58. The molecule has 2 aromatic rings. The fourth-order valence-corrected chi connectivity index (χ4v) is 5.07. The summed E-state index contributed by atoms with van der Waals surface area (Å²) in [5.74, 6) is 0.645. The number of rotatable bonds is 8. The van der Waals surface area contributed by atoms with Crippen LogP contribution in [0.3, 0.4) is 0 Å². The normalized spacial score (nSPS) is 15.4. The van der Waals surface area contributed by atoms with Crippen molar-refractivity contribution in [1.82, 2.24) is 4.31 Å². The summed E-state index contributed by atoms with van der Waals surface area (Å²) in [4.78, 5) is 12.8. The van der Waals surface area contributed by atoms with Crippen LogP contribution in [0.4, 0.5) is 11.4 Å². The van der Waals surface area contributed by atoms with E-state index in [2.05, 4.69) is 10.6 Å². The number of anilines is 2. The molecule has 0 radical (unpaired) electrons. The van der Waals surface area contributed by atoms with Gasteiger partial charge in [0.25, 0.3) is 0 Å². The van der Waals surface area contributed by atoms with Crippen molar-refractivity contribution in [2.24, 2.45) is 0 Å². The van der Waals surface area contributed by atoms with Crippen LogP contribution in [0.1, 0.15) is 19.8 Å². The van der Waals surface area contributed by atoms with Gasteiger partial charge >= 0.3 is 0 Å². The maximum absolute atomic E-state index is 12.6. The lowest BCUT2D eigenvalue weighted by Crippen LogP contribution is -2.32. The third kappa shape index (κ3) is 5.23. The highest BCUT2D eigenvalue weighted by molar-refractivity contribution is 7.89. The van der Waals surface area contributed by atoms with E-state index in [1.165, 1.54) is 30.7 Å². The van der Waals surface area contributed by atoms with E-state index in [0.717, 1.165) is 12.8 Å². The second-order valence-corrected chi connectivity index (χ2v) is 9.52. The van der Waals surface area contributed by atoms with E-state index < -0.39 is 16.1 Å². The van der Waals surface area contributed by atoms with Gasteiger partial charge < -0.3 is 20.1 Å². The molecule has 1 saturated heterocycles. The van der Waals surface area contributed by atoms with Gasteiger partial charge in [0.1, 0.15) is 17.5 Å². The highest BCUT2D eigenvalue weighted by Gasteiger charge is 2.27. The Morgan fingerprint density at radius 1 is 1.06 bits per heavy atom. The molecule has 1 aliphatic heterocycles. The van der Waals surface area contributed by atoms with E-state index >= 15 is 0 Å². The number of carbonyl (C=O) groups is 1. The van der Waals surface area contributed by atoms with Gasteiger partial charge in [-0.3, -0.25) is 4.79 Å². The van der Waals surface area contributed by atoms with E-state index in [0.29, 0.717) is 41.0 Å². The molecule has 1 heterocycles. The van der Waals surface area contributed by atoms with Gasteiger partial charge in [-0.15, -0.1) is 0 Å². The summed E-state index contributed by atoms with van der Waals surface area (Å²) >= 11 is 6.18. The number of nitrogens with one attached hydrogen (secondary N) is 2. The highest BCUT2D eigenvalue weighted by atomic mass is 35.5. The van der Waals surface area contributed by atoms with Crippen LogP contribution >= 0.6 is 11.6 Å². The molecule has 0 aromatic heterocycles. The lowest BCUT2D eigenvalue weighted by molar-refractivity contribution is -0.116. The minimum absolute atomic E-state index is 0.219. The predicted molar refractivity (Wildman–Crippen MR) is 121 cm³/mol. The number of nitrogens with zero attached hydrogens (tertiary/aromatic N) is 1. The first-order valence-corrected chi connectivity index (χ1v) is 11.7. The highest BCUT2D eigenvalue weighted by Crippen LogP contribution is 2.36. The first kappa shape index (κ1) is 23.2. The monoisotopic (exact) mass is 467 g/mol. The zero-order chi connectivity index (χ0) is 22.6. The van der Waals surface area contributed by atoms with Gasteiger partial charge in [0.2, 0.25) is 15.9 Å². The average Bonchev–Trinajstić information content (AvgIpc) is 3.30. The Bertz CT molecular complexity index is 1040. The van der Waals surface area contributed by atoms with Gasteiger partial charge in [-0.05, 0) is 50.1 Å². The largest absolute Gasteiger partial charge is 0.495 e. The molecule has 168 valence electrons. The molecule has 0 spiro atoms. The van der Waals surface area contributed by atoms with Gasteiger partial charge in [-0.2, -0.15) is 4.31 Å². The lowest BCUT2D eigenvalue weighted by atomic mass is 10.2. The summed E-state index contributed by atoms with van der Waals surface area (Å²) in [5.41, 5.74) is 1.04. The van der Waals surface area contributed by atoms with Gasteiger partial charge in [0.15, 0.2) is 0 Å². The number of ether oxygens (including phenoxy) is 2. The summed E-state index contributed by atoms with van der Waals surface area (Å²) in [7, 11) is -0.471. The van der Waals surface area contributed by atoms with Crippen LogP contribution in [0.5, 0.6) is 11.5 Å². The Kier molecular flexibility index (Phi) is 7.30. The molecular weight excluding hydrogens is 442 g/mol. The lowest BCUT2D eigenvalue weighted by Gasteiger charge is -2.19. The topological polar surface area (TPSA) is 97.0 Å². The molecule has 0 bridgehead atoms. The molecule has 2 aromatic carbocycles. The molecule has 1 unspecified atom stereocenters. The molecule has 1 aliphatic rings. The number of benzene rings is 2. The van der Waals surface area contributed by atoms with E-state index in [4.69, 9.17) is 21.1 Å². The van der Waals surface area contributed by atoms with Crippen LogP contribution in [0.15, 0.2) is 41.3 Å². The summed E-state index contributed by atoms with van der Waals surface area (Å²) in [5, 5.41) is 6.23. The molecule has 31 heavy (non-hydrogen) atoms. The van der Waals surface area contributed by atoms with Crippen molar-refractivity contribution in [1.29, 1.82) is 0 Å². The third-order valence-corrected chi connectivity index (χ3v) is 7.27. The van der Waals surface area contributed by atoms with Crippen molar-refractivity contribution in [3.63, 3.8) is 0 Å². The number of halogens is 1. The van der Waals surface area contributed by atoms with Crippen molar-refractivity contribution in [2.75, 3.05) is 37.9 Å². The van der Waals surface area contributed by atoms with Crippen molar-refractivity contribution in [3.8, 4) is 11.5 Å². The van der Waals surface area contributed by atoms with E-state index in [1.807, 2.05) is 0 Å². The minimum atomic E-state index is -3.49. The molecular formula is C21H26ClN3O5S. The molecule has 3 rings (SSSR count). The Hall–Kier alpha value is -2.49. The van der Waals surface area contributed by atoms with Crippen LogP contribution in [0.2, 0.25) is 5.02 Å². The van der Waals surface area contributed by atoms with Crippen LogP contribution in [-0.4, -0.2) is 52.0 Å². The summed E-state index contributed by atoms with van der Waals surface area (Å²) in [6.07, 6.45) is 1.75. The van der Waals surface area contributed by atoms with E-state index in [1.54, 1.807) is 31.2 Å². The SMILES string of the molecule is COc1cc(OC)c(NC(C)C(=O)Nc2ccc(S(=O)(=O)N3CCCC3)cc2)cc1Cl. The van der Waals surface area contributed by atoms with Gasteiger partial charge in [0, 0.05) is 24.8 Å². The van der Waals surface area contributed by atoms with Gasteiger partial charge in [0.05, 0.1) is 29.8 Å². The maximum atomic E-state index is 12.6. The number of amides is 1. The fourth-order valence-electron chi connectivity index (χ4n) is 3.31. The average molecular weight is 468 g/mol. The first-order chi connectivity index (χ1) is 14.8. The van der Waals surface area contributed by atoms with Crippen molar-refractivity contribution < 1.29 is 22.7 Å². The zero-order valence-electron chi connectivity index (χ0n) is 17.6. The summed E-state index contributed by atoms with van der Waals surface area (Å²) < 4.78 is 37.2. The molecule has 2 N–H and O–H groups in total. The third-order valence-electron chi connectivity index (χ3n) is 5.06. The number of hydrogen-bond acceptors (Lipinski definition) is 6. The quantitative estimate of drug-likeness (QED) is 0.616. The molecule has 0 saturated carbocycles. The fraction of sp³-hybridized carbons (Fsp3) is 0.381. The summed E-state index contributed by atoms with van der Waals surface area (Å²) in [6, 6.07) is 8.82. The van der Waals surface area contributed by atoms with Crippen LogP contribution < -0.4 is 20.1 Å². The number of hydrogen-bond donors (Lipinski definition) is 2. The molecule has 1 atom stereocenters. The van der Waals surface area contributed by atoms with Crippen molar-refractivity contribution in [3.05, 3.63) is 41.4 Å². The second-order valence-electron chi connectivity index (χ2n) is 7.18. The smallest absolute Gasteiger partial charge is 0.246 e. The Balaban J connectivity index is 1.67. The molecule has 0 aliphatic carbocycles. The van der Waals surface area contributed by atoms with Crippen LogP contribution in [0, 0.1) is 0 Å².